The molecule has 2 aromatic heterocycles. The third-order valence-corrected chi connectivity index (χ3v) is 4.16. The number of anilines is 1. The zero-order valence-electron chi connectivity index (χ0n) is 12.5. The third kappa shape index (κ3) is 3.37. The van der Waals surface area contributed by atoms with Gasteiger partial charge in [-0.2, -0.15) is 5.10 Å². The number of nitrogen functional groups attached to an aromatic ring is 1. The van der Waals surface area contributed by atoms with Crippen LogP contribution in [0.5, 0.6) is 0 Å². The van der Waals surface area contributed by atoms with E-state index in [2.05, 4.69) is 25.5 Å². The number of nitrogens with two attached hydrogens (primary N) is 1. The molecule has 0 fully saturated rings. The molecule has 0 aliphatic rings. The van der Waals surface area contributed by atoms with Crippen LogP contribution in [0.1, 0.15) is 28.1 Å². The van der Waals surface area contributed by atoms with E-state index in [1.165, 1.54) is 11.3 Å². The third-order valence-electron chi connectivity index (χ3n) is 3.24. The molecule has 23 heavy (non-hydrogen) atoms. The fraction of sp³-hybridized carbons (Fsp3) is 0.200. The van der Waals surface area contributed by atoms with Gasteiger partial charge in [0.05, 0.1) is 12.2 Å². The van der Waals surface area contributed by atoms with E-state index >= 15 is 0 Å². The largest absolute Gasteiger partial charge is 0.375 e. The highest BCUT2D eigenvalue weighted by Gasteiger charge is 2.16. The maximum Gasteiger partial charge on any atom is 0.263 e. The molecule has 4 N–H and O–H groups in total. The minimum atomic E-state index is -0.200. The second kappa shape index (κ2) is 6.57. The van der Waals surface area contributed by atoms with Gasteiger partial charge < -0.3 is 11.1 Å². The smallest absolute Gasteiger partial charge is 0.263 e. The van der Waals surface area contributed by atoms with Crippen molar-refractivity contribution >= 4 is 22.4 Å². The van der Waals surface area contributed by atoms with Crippen molar-refractivity contribution in [3.05, 3.63) is 46.7 Å². The Hall–Kier alpha value is -2.74. The number of thiazole rings is 1. The van der Waals surface area contributed by atoms with Crippen molar-refractivity contribution in [3.8, 4) is 11.4 Å². The van der Waals surface area contributed by atoms with Crippen molar-refractivity contribution in [1.82, 2.24) is 25.5 Å². The Morgan fingerprint density at radius 2 is 2.09 bits per heavy atom. The number of rotatable bonds is 5. The van der Waals surface area contributed by atoms with Gasteiger partial charge in [-0.05, 0) is 6.42 Å². The van der Waals surface area contributed by atoms with Gasteiger partial charge in [0.1, 0.15) is 10.7 Å². The maximum absolute atomic E-state index is 12.2. The van der Waals surface area contributed by atoms with E-state index in [4.69, 9.17) is 5.73 Å². The molecular weight excluding hydrogens is 312 g/mol. The van der Waals surface area contributed by atoms with Crippen LogP contribution in [-0.2, 0) is 13.0 Å². The number of amides is 1. The number of carbonyl (C=O) groups excluding carboxylic acids is 1. The van der Waals surface area contributed by atoms with Gasteiger partial charge in [-0.15, -0.1) is 0 Å². The Kier molecular flexibility index (Phi) is 4.33. The predicted octanol–water partition coefficient (Wildman–Crippen LogP) is 2.00. The van der Waals surface area contributed by atoms with E-state index in [9.17, 15) is 4.79 Å². The average molecular weight is 328 g/mol. The molecule has 1 amide bonds. The first-order chi connectivity index (χ1) is 11.2. The Morgan fingerprint density at radius 3 is 2.83 bits per heavy atom. The molecular formula is C15H16N6OS. The molecule has 0 aliphatic carbocycles. The number of nitrogens with zero attached hydrogens (tertiary/aromatic N) is 3. The fourth-order valence-corrected chi connectivity index (χ4v) is 2.96. The number of benzene rings is 1. The zero-order valence-corrected chi connectivity index (χ0v) is 13.4. The molecule has 0 spiro atoms. The van der Waals surface area contributed by atoms with E-state index in [-0.39, 0.29) is 12.5 Å². The van der Waals surface area contributed by atoms with Gasteiger partial charge in [0.2, 0.25) is 0 Å². The predicted molar refractivity (Wildman–Crippen MR) is 88.9 cm³/mol. The van der Waals surface area contributed by atoms with Crippen LogP contribution in [0.2, 0.25) is 0 Å². The van der Waals surface area contributed by atoms with Crippen LogP contribution in [0.4, 0.5) is 5.13 Å². The van der Waals surface area contributed by atoms with Crippen LogP contribution in [0, 0.1) is 0 Å². The van der Waals surface area contributed by atoms with Crippen molar-refractivity contribution in [1.29, 1.82) is 0 Å². The number of H-pyrrole nitrogens is 1. The molecule has 0 saturated heterocycles. The second-order valence-corrected chi connectivity index (χ2v) is 5.87. The van der Waals surface area contributed by atoms with E-state index in [0.717, 1.165) is 5.56 Å². The quantitative estimate of drug-likeness (QED) is 0.663. The number of aromatic amines is 1. The molecule has 118 valence electrons. The van der Waals surface area contributed by atoms with E-state index in [1.807, 2.05) is 37.3 Å². The Labute approximate surface area is 137 Å². The average Bonchev–Trinajstić information content (AvgIpc) is 3.20. The first-order valence-corrected chi connectivity index (χ1v) is 7.99. The van der Waals surface area contributed by atoms with Crippen molar-refractivity contribution in [3.63, 3.8) is 0 Å². The highest BCUT2D eigenvalue weighted by Crippen LogP contribution is 2.21. The molecule has 0 aliphatic heterocycles. The van der Waals surface area contributed by atoms with Gasteiger partial charge in [0, 0.05) is 5.56 Å². The van der Waals surface area contributed by atoms with Gasteiger partial charge in [0.25, 0.3) is 5.91 Å². The molecule has 0 radical (unpaired) electrons. The number of carbonyl (C=O) groups is 1. The van der Waals surface area contributed by atoms with Crippen molar-refractivity contribution < 1.29 is 4.79 Å². The number of hydrogen-bond acceptors (Lipinski definition) is 6. The zero-order chi connectivity index (χ0) is 16.2. The highest BCUT2D eigenvalue weighted by molar-refractivity contribution is 7.17. The summed E-state index contributed by atoms with van der Waals surface area (Å²) in [6.45, 7) is 2.20. The van der Waals surface area contributed by atoms with Gasteiger partial charge in [0.15, 0.2) is 11.0 Å². The van der Waals surface area contributed by atoms with Gasteiger partial charge in [-0.3, -0.25) is 9.89 Å². The summed E-state index contributed by atoms with van der Waals surface area (Å²) >= 11 is 1.19. The summed E-state index contributed by atoms with van der Waals surface area (Å²) in [5.41, 5.74) is 7.30. The first-order valence-electron chi connectivity index (χ1n) is 7.17. The molecule has 2 heterocycles. The lowest BCUT2D eigenvalue weighted by Crippen LogP contribution is -2.23. The van der Waals surface area contributed by atoms with Crippen LogP contribution >= 0.6 is 11.3 Å². The normalized spacial score (nSPS) is 10.7. The standard InChI is InChI=1S/C15H16N6OS/c1-2-10-12(23-15(16)18-10)14(22)17-8-11-19-13(21-20-11)9-6-4-3-5-7-9/h3-7H,2,8H2,1H3,(H2,16,18)(H,17,22)(H,19,20,21). The number of nitrogens with one attached hydrogen (secondary N) is 2. The minimum Gasteiger partial charge on any atom is -0.375 e. The second-order valence-electron chi connectivity index (χ2n) is 4.84. The van der Waals surface area contributed by atoms with Crippen LogP contribution in [-0.4, -0.2) is 26.1 Å². The monoisotopic (exact) mass is 328 g/mol. The van der Waals surface area contributed by atoms with Gasteiger partial charge >= 0.3 is 0 Å². The summed E-state index contributed by atoms with van der Waals surface area (Å²) < 4.78 is 0. The van der Waals surface area contributed by atoms with Crippen LogP contribution < -0.4 is 11.1 Å². The van der Waals surface area contributed by atoms with Crippen molar-refractivity contribution in [2.45, 2.75) is 19.9 Å². The minimum absolute atomic E-state index is 0.200. The number of aromatic nitrogens is 4. The number of aryl methyl sites for hydroxylation is 1. The first kappa shape index (κ1) is 15.2. The van der Waals surface area contributed by atoms with E-state index < -0.39 is 0 Å². The van der Waals surface area contributed by atoms with Crippen molar-refractivity contribution in [2.24, 2.45) is 0 Å². The number of hydrogen-bond donors (Lipinski definition) is 3. The van der Waals surface area contributed by atoms with Gasteiger partial charge in [-0.1, -0.05) is 48.6 Å². The maximum atomic E-state index is 12.2. The summed E-state index contributed by atoms with van der Waals surface area (Å²) in [6, 6.07) is 9.64. The SMILES string of the molecule is CCc1nc(N)sc1C(=O)NCc1nc(-c2ccccc2)n[nH]1. The molecule has 3 rings (SSSR count). The summed E-state index contributed by atoms with van der Waals surface area (Å²) in [7, 11) is 0. The fourth-order valence-electron chi connectivity index (χ4n) is 2.12. The van der Waals surface area contributed by atoms with Gasteiger partial charge in [-0.25, -0.2) is 9.97 Å². The van der Waals surface area contributed by atoms with Crippen LogP contribution in [0.25, 0.3) is 11.4 Å². The van der Waals surface area contributed by atoms with Crippen LogP contribution in [0.3, 0.4) is 0 Å². The topological polar surface area (TPSA) is 110 Å². The van der Waals surface area contributed by atoms with Crippen molar-refractivity contribution in [2.75, 3.05) is 5.73 Å². The lowest BCUT2D eigenvalue weighted by Gasteiger charge is -2.01. The summed E-state index contributed by atoms with van der Waals surface area (Å²) in [6.07, 6.45) is 0.664. The lowest BCUT2D eigenvalue weighted by molar-refractivity contribution is 0.0953. The molecule has 0 atom stereocenters. The Bertz CT molecular complexity index is 810. The summed E-state index contributed by atoms with van der Waals surface area (Å²) in [4.78, 5) is 21.3. The summed E-state index contributed by atoms with van der Waals surface area (Å²) in [5.74, 6) is 0.993. The van der Waals surface area contributed by atoms with E-state index in [0.29, 0.717) is 33.8 Å². The molecule has 7 nitrogen and oxygen atoms in total. The molecule has 8 heteroatoms. The van der Waals surface area contributed by atoms with E-state index in [1.54, 1.807) is 0 Å². The summed E-state index contributed by atoms with van der Waals surface area (Å²) in [5, 5.41) is 10.2. The Morgan fingerprint density at radius 1 is 1.30 bits per heavy atom. The van der Waals surface area contributed by atoms with Crippen LogP contribution in [0.15, 0.2) is 30.3 Å². The Balaban J connectivity index is 1.67. The molecule has 1 aromatic carbocycles. The highest BCUT2D eigenvalue weighted by atomic mass is 32.1. The molecule has 0 saturated carbocycles. The molecule has 0 bridgehead atoms. The lowest BCUT2D eigenvalue weighted by atomic mass is 10.2. The molecule has 3 aromatic rings. The molecule has 0 unspecified atom stereocenters.